The second kappa shape index (κ2) is 11.5. The van der Waals surface area contributed by atoms with E-state index in [1.807, 2.05) is 80.6 Å². The van der Waals surface area contributed by atoms with Crippen LogP contribution in [0.4, 0.5) is 22.7 Å². The van der Waals surface area contributed by atoms with Crippen molar-refractivity contribution < 1.29 is 0 Å². The van der Waals surface area contributed by atoms with Gasteiger partial charge in [-0.1, -0.05) is 48.5 Å². The van der Waals surface area contributed by atoms with E-state index >= 15 is 0 Å². The first-order chi connectivity index (χ1) is 25.1. The quantitative estimate of drug-likeness (QED) is 0.198. The summed E-state index contributed by atoms with van der Waals surface area (Å²) in [5, 5.41) is 3.74. The lowest BCUT2D eigenvalue weighted by atomic mass is 10.1. The largest absolute Gasteiger partial charge is 0.377 e. The van der Waals surface area contributed by atoms with Crippen LogP contribution in [0.5, 0.6) is 0 Å². The fourth-order valence-electron chi connectivity index (χ4n) is 7.40. The van der Waals surface area contributed by atoms with E-state index < -0.39 is 0 Å². The number of H-pyrrole nitrogens is 2. The molecule has 8 bridgehead atoms. The third kappa shape index (κ3) is 4.67. The maximum atomic E-state index is 5.28. The summed E-state index contributed by atoms with van der Waals surface area (Å²) in [6.07, 6.45) is 0. The maximum Gasteiger partial charge on any atom is 0.166 e. The molecule has 0 fully saturated rings. The van der Waals surface area contributed by atoms with Gasteiger partial charge >= 0.3 is 0 Å². The first-order valence-corrected chi connectivity index (χ1v) is 17.1. The average Bonchev–Trinajstić information content (AvgIpc) is 3.86. The van der Waals surface area contributed by atoms with Gasteiger partial charge in [0.1, 0.15) is 22.6 Å². The van der Waals surface area contributed by atoms with E-state index in [1.54, 1.807) is 0 Å². The number of rotatable bonds is 4. The third-order valence-corrected chi connectivity index (χ3v) is 9.78. The molecule has 0 atom stereocenters. The highest BCUT2D eigenvalue weighted by Gasteiger charge is 2.27. The average molecular weight is 687 g/mol. The number of nitrogens with zero attached hydrogens (tertiary/aromatic N) is 10. The van der Waals surface area contributed by atoms with Crippen LogP contribution < -0.4 is 19.6 Å². The number of anilines is 4. The summed E-state index contributed by atoms with van der Waals surface area (Å²) >= 11 is 0. The molecule has 2 aliphatic rings. The minimum absolute atomic E-state index is 0.566. The standard InChI is InChI=1S/C40H38N12/c1-49(2)25-17-9-13-21-29(25)37-41-33(21)46-38-31-23(15-11-19-27(31)51(5)6)35(43-38)48-40-32-24(16-12-20-28(32)52(7)8)36(44-40)47-39-30-22(34(42-39)45-37)14-10-18-26(30)50(3)4/h9-20H,1-8H3,(H2,41,42,43,44,45,46,47,48). The topological polar surface area (TPSA) is 122 Å². The zero-order chi connectivity index (χ0) is 36.0. The van der Waals surface area contributed by atoms with Crippen LogP contribution >= 0.6 is 0 Å². The fraction of sp³-hybridized carbons (Fsp3) is 0.200. The van der Waals surface area contributed by atoms with Gasteiger partial charge in [-0.05, 0) is 24.3 Å². The van der Waals surface area contributed by atoms with Crippen molar-refractivity contribution in [1.29, 1.82) is 0 Å². The molecule has 0 amide bonds. The summed E-state index contributed by atoms with van der Waals surface area (Å²) in [6.45, 7) is 0. The summed E-state index contributed by atoms with van der Waals surface area (Å²) < 4.78 is 0. The highest BCUT2D eigenvalue weighted by Crippen LogP contribution is 2.43. The van der Waals surface area contributed by atoms with E-state index in [0.29, 0.717) is 45.9 Å². The molecule has 52 heavy (non-hydrogen) atoms. The molecule has 5 heterocycles. The predicted molar refractivity (Wildman–Crippen MR) is 213 cm³/mol. The van der Waals surface area contributed by atoms with Crippen molar-refractivity contribution in [3.63, 3.8) is 0 Å². The molecular weight excluding hydrogens is 649 g/mol. The van der Waals surface area contributed by atoms with Crippen molar-refractivity contribution in [3.8, 4) is 45.6 Å². The van der Waals surface area contributed by atoms with Crippen LogP contribution in [0.25, 0.3) is 89.7 Å². The smallest absolute Gasteiger partial charge is 0.166 e. The van der Waals surface area contributed by atoms with Crippen LogP contribution in [0.1, 0.15) is 0 Å². The number of fused-ring (bicyclic) bond motifs is 20. The number of benzene rings is 4. The Morgan fingerprint density at radius 1 is 0.365 bits per heavy atom. The van der Waals surface area contributed by atoms with Gasteiger partial charge in [0.25, 0.3) is 0 Å². The van der Waals surface area contributed by atoms with Crippen LogP contribution in [0.2, 0.25) is 0 Å². The van der Waals surface area contributed by atoms with E-state index in [0.717, 1.165) is 66.5 Å². The Balaban J connectivity index is 1.53. The van der Waals surface area contributed by atoms with Crippen molar-refractivity contribution in [2.75, 3.05) is 76.0 Å². The zero-order valence-corrected chi connectivity index (χ0v) is 30.4. The molecule has 0 radical (unpaired) electrons. The molecule has 258 valence electrons. The Hall–Kier alpha value is -6.56. The summed E-state index contributed by atoms with van der Waals surface area (Å²) in [5.74, 6) is 2.27. The third-order valence-electron chi connectivity index (χ3n) is 9.78. The Morgan fingerprint density at radius 3 is 1.10 bits per heavy atom. The normalized spacial score (nSPS) is 11.8. The molecule has 0 spiro atoms. The van der Waals surface area contributed by atoms with E-state index in [1.165, 1.54) is 0 Å². The lowest BCUT2D eigenvalue weighted by molar-refractivity contribution is 1.13. The van der Waals surface area contributed by atoms with Crippen LogP contribution in [-0.2, 0) is 0 Å². The van der Waals surface area contributed by atoms with Crippen LogP contribution in [0.3, 0.4) is 0 Å². The summed E-state index contributed by atoms with van der Waals surface area (Å²) in [7, 11) is 16.3. The molecule has 0 aliphatic carbocycles. The van der Waals surface area contributed by atoms with Crippen LogP contribution in [-0.4, -0.2) is 96.3 Å². The molecule has 9 rings (SSSR count). The second-order valence-corrected chi connectivity index (χ2v) is 14.0. The van der Waals surface area contributed by atoms with Crippen LogP contribution in [0, 0.1) is 0 Å². The van der Waals surface area contributed by atoms with Gasteiger partial charge in [-0.25, -0.2) is 29.9 Å². The van der Waals surface area contributed by atoms with Crippen molar-refractivity contribution in [1.82, 2.24) is 39.9 Å². The lowest BCUT2D eigenvalue weighted by Crippen LogP contribution is -2.10. The highest BCUT2D eigenvalue weighted by atomic mass is 15.1. The summed E-state index contributed by atoms with van der Waals surface area (Å²) in [5.41, 5.74) is 10.3. The number of aromatic nitrogens is 8. The molecule has 0 saturated heterocycles. The predicted octanol–water partition coefficient (Wildman–Crippen LogP) is 7.13. The van der Waals surface area contributed by atoms with Gasteiger partial charge < -0.3 is 29.6 Å². The van der Waals surface area contributed by atoms with E-state index in [2.05, 4.69) is 78.1 Å². The Kier molecular flexibility index (Phi) is 6.94. The van der Waals surface area contributed by atoms with E-state index in [9.17, 15) is 0 Å². The molecule has 7 aromatic rings. The second-order valence-electron chi connectivity index (χ2n) is 14.0. The molecule has 2 N–H and O–H groups in total. The minimum Gasteiger partial charge on any atom is -0.377 e. The molecule has 0 unspecified atom stereocenters. The van der Waals surface area contributed by atoms with Gasteiger partial charge in [0, 0.05) is 101 Å². The van der Waals surface area contributed by atoms with Gasteiger partial charge in [0.2, 0.25) is 0 Å². The molecule has 12 nitrogen and oxygen atoms in total. The molecule has 12 heteroatoms. The van der Waals surface area contributed by atoms with Crippen molar-refractivity contribution in [2.24, 2.45) is 0 Å². The minimum atomic E-state index is 0.566. The Labute approximate surface area is 300 Å². The summed E-state index contributed by atoms with van der Waals surface area (Å²) in [4.78, 5) is 47.0. The molecule has 2 aliphatic heterocycles. The van der Waals surface area contributed by atoms with Gasteiger partial charge in [-0.3, -0.25) is 0 Å². The van der Waals surface area contributed by atoms with E-state index in [-0.39, 0.29) is 0 Å². The van der Waals surface area contributed by atoms with E-state index in [4.69, 9.17) is 29.9 Å². The number of hydrogen-bond acceptors (Lipinski definition) is 10. The monoisotopic (exact) mass is 686 g/mol. The number of aromatic amines is 2. The fourth-order valence-corrected chi connectivity index (χ4v) is 7.40. The Morgan fingerprint density at radius 2 is 0.712 bits per heavy atom. The van der Waals surface area contributed by atoms with Gasteiger partial charge in [0.05, 0.1) is 21.9 Å². The van der Waals surface area contributed by atoms with Crippen LogP contribution in [0.15, 0.2) is 72.8 Å². The lowest BCUT2D eigenvalue weighted by Gasteiger charge is -2.16. The molecule has 4 aromatic carbocycles. The van der Waals surface area contributed by atoms with Gasteiger partial charge in [-0.15, -0.1) is 0 Å². The molecular formula is C40H38N12. The van der Waals surface area contributed by atoms with Gasteiger partial charge in [-0.2, -0.15) is 0 Å². The summed E-state index contributed by atoms with van der Waals surface area (Å²) in [6, 6.07) is 24.8. The Bertz CT molecular complexity index is 2580. The highest BCUT2D eigenvalue weighted by molar-refractivity contribution is 6.13. The number of hydrogen-bond donors (Lipinski definition) is 2. The first kappa shape index (κ1) is 31.4. The van der Waals surface area contributed by atoms with Crippen molar-refractivity contribution >= 4 is 66.9 Å². The SMILES string of the molecule is CN(C)c1cccc2c1-c1nc-2nc2[nH]c(nc3nc(nc4[nH]c(n1)c1cccc(N(C)C)c41)-c1cccc(N(C)C)c1-3)c1cccc(N(C)C)c21. The van der Waals surface area contributed by atoms with Gasteiger partial charge in [0.15, 0.2) is 23.3 Å². The first-order valence-electron chi connectivity index (χ1n) is 17.1. The zero-order valence-electron chi connectivity index (χ0n) is 30.4. The van der Waals surface area contributed by atoms with Crippen molar-refractivity contribution in [3.05, 3.63) is 72.8 Å². The maximum absolute atomic E-state index is 5.28. The molecule has 0 saturated carbocycles. The van der Waals surface area contributed by atoms with Crippen molar-refractivity contribution in [2.45, 2.75) is 0 Å². The number of nitrogens with one attached hydrogen (secondary N) is 2. The molecule has 3 aromatic heterocycles.